The van der Waals surface area contributed by atoms with E-state index in [0.717, 1.165) is 37.1 Å². The zero-order valence-electron chi connectivity index (χ0n) is 13.8. The minimum atomic E-state index is -0.446. The Bertz CT molecular complexity index is 588. The van der Waals surface area contributed by atoms with Crippen LogP contribution in [-0.4, -0.2) is 29.7 Å². The van der Waals surface area contributed by atoms with Crippen molar-refractivity contribution in [1.29, 1.82) is 5.26 Å². The van der Waals surface area contributed by atoms with Crippen LogP contribution < -0.4 is 0 Å². The van der Waals surface area contributed by atoms with Gasteiger partial charge in [-0.05, 0) is 63.6 Å². The Labute approximate surface area is 132 Å². The molecule has 0 aliphatic carbocycles. The molecule has 4 heteroatoms. The van der Waals surface area contributed by atoms with Gasteiger partial charge in [0.2, 0.25) is 0 Å². The summed E-state index contributed by atoms with van der Waals surface area (Å²) in [5, 5.41) is 9.00. The third kappa shape index (κ3) is 4.00. The second kappa shape index (κ2) is 6.39. The number of rotatable bonds is 1. The molecule has 2 rings (SSSR count). The van der Waals surface area contributed by atoms with Crippen molar-refractivity contribution in [2.45, 2.75) is 52.1 Å². The first-order chi connectivity index (χ1) is 10.3. The fraction of sp³-hybridized carbons (Fsp3) is 0.556. The topological polar surface area (TPSA) is 53.3 Å². The Balaban J connectivity index is 1.96. The number of carbonyl (C=O) groups excluding carboxylic acids is 1. The number of aryl methyl sites for hydroxylation is 1. The molecule has 0 spiro atoms. The average Bonchev–Trinajstić information content (AvgIpc) is 2.45. The van der Waals surface area contributed by atoms with Crippen LogP contribution in [0.15, 0.2) is 18.2 Å². The van der Waals surface area contributed by atoms with Gasteiger partial charge in [-0.25, -0.2) is 4.79 Å². The Hall–Kier alpha value is -2.02. The zero-order valence-corrected chi connectivity index (χ0v) is 13.8. The highest BCUT2D eigenvalue weighted by Crippen LogP contribution is 2.29. The highest BCUT2D eigenvalue weighted by molar-refractivity contribution is 5.68. The number of amides is 1. The summed E-state index contributed by atoms with van der Waals surface area (Å²) >= 11 is 0. The molecule has 0 bridgehead atoms. The molecule has 4 nitrogen and oxygen atoms in total. The molecule has 1 saturated heterocycles. The number of hydrogen-bond acceptors (Lipinski definition) is 3. The summed E-state index contributed by atoms with van der Waals surface area (Å²) < 4.78 is 5.42. The van der Waals surface area contributed by atoms with Gasteiger partial charge in [-0.3, -0.25) is 0 Å². The third-order valence-corrected chi connectivity index (χ3v) is 3.99. The van der Waals surface area contributed by atoms with Crippen LogP contribution in [0, 0.1) is 18.3 Å². The van der Waals surface area contributed by atoms with Gasteiger partial charge in [0.05, 0.1) is 11.6 Å². The molecule has 0 saturated carbocycles. The molecule has 0 aromatic heterocycles. The molecule has 1 amide bonds. The summed E-state index contributed by atoms with van der Waals surface area (Å²) in [6.07, 6.45) is 1.65. The smallest absolute Gasteiger partial charge is 0.410 e. The van der Waals surface area contributed by atoms with Gasteiger partial charge in [-0.1, -0.05) is 12.1 Å². The lowest BCUT2D eigenvalue weighted by atomic mass is 9.88. The lowest BCUT2D eigenvalue weighted by Gasteiger charge is -2.33. The van der Waals surface area contributed by atoms with Crippen molar-refractivity contribution < 1.29 is 9.53 Å². The van der Waals surface area contributed by atoms with Crippen molar-refractivity contribution >= 4 is 6.09 Å². The maximum atomic E-state index is 12.1. The van der Waals surface area contributed by atoms with Crippen LogP contribution >= 0.6 is 0 Å². The van der Waals surface area contributed by atoms with E-state index < -0.39 is 5.60 Å². The maximum absolute atomic E-state index is 12.1. The van der Waals surface area contributed by atoms with Crippen molar-refractivity contribution in [3.63, 3.8) is 0 Å². The third-order valence-electron chi connectivity index (χ3n) is 3.99. The van der Waals surface area contributed by atoms with Gasteiger partial charge in [0.1, 0.15) is 5.60 Å². The standard InChI is InChI=1S/C18H24N2O2/c1-13-11-15(5-6-16(13)12-19)14-7-9-20(10-8-14)17(21)22-18(2,3)4/h5-6,11,14H,7-10H2,1-4H3. The molecule has 0 N–H and O–H groups in total. The number of benzene rings is 1. The largest absolute Gasteiger partial charge is 0.444 e. The maximum Gasteiger partial charge on any atom is 0.410 e. The van der Waals surface area contributed by atoms with E-state index in [-0.39, 0.29) is 6.09 Å². The molecule has 22 heavy (non-hydrogen) atoms. The van der Waals surface area contributed by atoms with Gasteiger partial charge in [-0.15, -0.1) is 0 Å². The van der Waals surface area contributed by atoms with E-state index in [9.17, 15) is 4.79 Å². The van der Waals surface area contributed by atoms with Crippen molar-refractivity contribution in [2.75, 3.05) is 13.1 Å². The summed E-state index contributed by atoms with van der Waals surface area (Å²) in [7, 11) is 0. The van der Waals surface area contributed by atoms with E-state index in [0.29, 0.717) is 5.92 Å². The molecular weight excluding hydrogens is 276 g/mol. The zero-order chi connectivity index (χ0) is 16.3. The summed E-state index contributed by atoms with van der Waals surface area (Å²) in [6, 6.07) is 8.24. The molecule has 1 aromatic rings. The highest BCUT2D eigenvalue weighted by atomic mass is 16.6. The Morgan fingerprint density at radius 2 is 1.95 bits per heavy atom. The number of carbonyl (C=O) groups is 1. The van der Waals surface area contributed by atoms with Crippen LogP contribution in [0.3, 0.4) is 0 Å². The van der Waals surface area contributed by atoms with Gasteiger partial charge < -0.3 is 9.64 Å². The highest BCUT2D eigenvalue weighted by Gasteiger charge is 2.27. The molecule has 0 unspecified atom stereocenters. The molecule has 1 fully saturated rings. The number of nitrogens with zero attached hydrogens (tertiary/aromatic N) is 2. The number of hydrogen-bond donors (Lipinski definition) is 0. The molecule has 0 radical (unpaired) electrons. The van der Waals surface area contributed by atoms with Crippen molar-refractivity contribution in [3.05, 3.63) is 34.9 Å². The predicted molar refractivity (Wildman–Crippen MR) is 85.7 cm³/mol. The number of piperidine rings is 1. The Morgan fingerprint density at radius 3 is 2.45 bits per heavy atom. The first-order valence-electron chi connectivity index (χ1n) is 7.79. The molecule has 1 heterocycles. The van der Waals surface area contributed by atoms with Crippen molar-refractivity contribution in [3.8, 4) is 6.07 Å². The van der Waals surface area contributed by atoms with E-state index in [1.54, 1.807) is 4.90 Å². The number of ether oxygens (including phenoxy) is 1. The van der Waals surface area contributed by atoms with E-state index in [1.807, 2.05) is 39.8 Å². The van der Waals surface area contributed by atoms with Crippen LogP contribution in [0.5, 0.6) is 0 Å². The first kappa shape index (κ1) is 16.4. The molecule has 1 aliphatic rings. The normalized spacial score (nSPS) is 16.2. The van der Waals surface area contributed by atoms with Gasteiger partial charge in [0.25, 0.3) is 0 Å². The summed E-state index contributed by atoms with van der Waals surface area (Å²) in [5.41, 5.74) is 2.57. The predicted octanol–water partition coefficient (Wildman–Crippen LogP) is 3.98. The first-order valence-corrected chi connectivity index (χ1v) is 7.79. The minimum absolute atomic E-state index is 0.220. The summed E-state index contributed by atoms with van der Waals surface area (Å²) in [5.74, 6) is 0.449. The van der Waals surface area contributed by atoms with Crippen LogP contribution in [0.1, 0.15) is 56.2 Å². The van der Waals surface area contributed by atoms with Crippen LogP contribution in [0.4, 0.5) is 4.79 Å². The van der Waals surface area contributed by atoms with Crippen LogP contribution in [0.25, 0.3) is 0 Å². The lowest BCUT2D eigenvalue weighted by Crippen LogP contribution is -2.41. The van der Waals surface area contributed by atoms with Crippen LogP contribution in [0.2, 0.25) is 0 Å². The van der Waals surface area contributed by atoms with E-state index in [1.165, 1.54) is 5.56 Å². The van der Waals surface area contributed by atoms with Crippen molar-refractivity contribution in [2.24, 2.45) is 0 Å². The van der Waals surface area contributed by atoms with Gasteiger partial charge in [0, 0.05) is 13.1 Å². The summed E-state index contributed by atoms with van der Waals surface area (Å²) in [4.78, 5) is 13.9. The molecule has 1 aliphatic heterocycles. The van der Waals surface area contributed by atoms with E-state index >= 15 is 0 Å². The molecule has 0 atom stereocenters. The summed E-state index contributed by atoms with van der Waals surface area (Å²) in [6.45, 7) is 9.07. The molecule has 118 valence electrons. The Morgan fingerprint density at radius 1 is 1.32 bits per heavy atom. The number of nitriles is 1. The Kier molecular flexibility index (Phi) is 4.75. The second-order valence-corrected chi connectivity index (χ2v) is 6.93. The van der Waals surface area contributed by atoms with Crippen molar-refractivity contribution in [1.82, 2.24) is 4.90 Å². The number of likely N-dealkylation sites (tertiary alicyclic amines) is 1. The monoisotopic (exact) mass is 300 g/mol. The minimum Gasteiger partial charge on any atom is -0.444 e. The fourth-order valence-electron chi connectivity index (χ4n) is 2.79. The van der Waals surface area contributed by atoms with Gasteiger partial charge >= 0.3 is 6.09 Å². The molecular formula is C18H24N2O2. The van der Waals surface area contributed by atoms with E-state index in [2.05, 4.69) is 12.1 Å². The average molecular weight is 300 g/mol. The fourth-order valence-corrected chi connectivity index (χ4v) is 2.79. The lowest BCUT2D eigenvalue weighted by molar-refractivity contribution is 0.0205. The van der Waals surface area contributed by atoms with Gasteiger partial charge in [-0.2, -0.15) is 5.26 Å². The van der Waals surface area contributed by atoms with Crippen LogP contribution in [-0.2, 0) is 4.74 Å². The molecule has 1 aromatic carbocycles. The SMILES string of the molecule is Cc1cc(C2CCN(C(=O)OC(C)(C)C)CC2)ccc1C#N. The quantitative estimate of drug-likeness (QED) is 0.788. The van der Waals surface area contributed by atoms with Gasteiger partial charge in [0.15, 0.2) is 0 Å². The second-order valence-electron chi connectivity index (χ2n) is 6.93. The van der Waals surface area contributed by atoms with E-state index in [4.69, 9.17) is 10.00 Å².